The summed E-state index contributed by atoms with van der Waals surface area (Å²) in [5.41, 5.74) is 1.50. The first-order chi connectivity index (χ1) is 11.0. The molecular weight excluding hydrogens is 298 g/mol. The fourth-order valence-corrected chi connectivity index (χ4v) is 2.55. The van der Waals surface area contributed by atoms with E-state index in [0.717, 1.165) is 25.0 Å². The topological polar surface area (TPSA) is 33.0 Å². The van der Waals surface area contributed by atoms with Gasteiger partial charge in [-0.05, 0) is 36.5 Å². The Morgan fingerprint density at radius 3 is 2.30 bits per heavy atom. The van der Waals surface area contributed by atoms with Crippen molar-refractivity contribution in [3.63, 3.8) is 0 Å². The van der Waals surface area contributed by atoms with E-state index in [0.29, 0.717) is 5.92 Å². The van der Waals surface area contributed by atoms with Crippen molar-refractivity contribution in [2.45, 2.75) is 39.2 Å². The molecule has 0 bridgehead atoms. The van der Waals surface area contributed by atoms with E-state index in [-0.39, 0.29) is 18.1 Å². The van der Waals surface area contributed by atoms with Gasteiger partial charge in [-0.2, -0.15) is 4.57 Å². The number of carbonyl (C=O) groups is 1. The molecule has 0 aliphatic heterocycles. The normalized spacial score (nSPS) is 10.8. The van der Waals surface area contributed by atoms with Crippen LogP contribution < -0.4 is 9.88 Å². The van der Waals surface area contributed by atoms with Crippen LogP contribution in [0.2, 0.25) is 0 Å². The summed E-state index contributed by atoms with van der Waals surface area (Å²) >= 11 is 0. The van der Waals surface area contributed by atoms with Crippen molar-refractivity contribution in [3.05, 3.63) is 59.9 Å². The molecule has 0 saturated carbocycles. The Labute approximate surface area is 135 Å². The van der Waals surface area contributed by atoms with Gasteiger partial charge in [-0.1, -0.05) is 13.8 Å². The van der Waals surface area contributed by atoms with Crippen molar-refractivity contribution < 1.29 is 18.1 Å². The second-order valence-corrected chi connectivity index (χ2v) is 5.49. The maximum Gasteiger partial charge on any atom is 0.290 e. The summed E-state index contributed by atoms with van der Waals surface area (Å²) in [6, 6.07) is 7.32. The molecule has 1 heterocycles. The smallest absolute Gasteiger partial charge is 0.290 e. The Morgan fingerprint density at radius 2 is 1.74 bits per heavy atom. The van der Waals surface area contributed by atoms with Gasteiger partial charge in [0.1, 0.15) is 0 Å². The molecule has 23 heavy (non-hydrogen) atoms. The van der Waals surface area contributed by atoms with Gasteiger partial charge in [0.05, 0.1) is 0 Å². The van der Waals surface area contributed by atoms with Crippen molar-refractivity contribution in [1.29, 1.82) is 0 Å². The number of nitrogens with one attached hydrogen (secondary N) is 1. The summed E-state index contributed by atoms with van der Waals surface area (Å²) in [4.78, 5) is 12.0. The van der Waals surface area contributed by atoms with E-state index in [1.807, 2.05) is 24.5 Å². The van der Waals surface area contributed by atoms with Crippen LogP contribution in [0.1, 0.15) is 38.2 Å². The molecule has 0 fully saturated rings. The molecule has 0 spiro atoms. The van der Waals surface area contributed by atoms with Gasteiger partial charge >= 0.3 is 0 Å². The van der Waals surface area contributed by atoms with E-state index in [1.165, 1.54) is 11.6 Å². The minimum atomic E-state index is -0.982. The third kappa shape index (κ3) is 4.58. The highest BCUT2D eigenvalue weighted by Gasteiger charge is 2.13. The highest BCUT2D eigenvalue weighted by molar-refractivity contribution is 5.89. The molecule has 3 nitrogen and oxygen atoms in total. The number of pyridine rings is 1. The van der Waals surface area contributed by atoms with Crippen LogP contribution in [0.4, 0.5) is 14.5 Å². The SMILES string of the molecule is CCC(CC)c1cc[n+](CC(=O)Nc2ccc(F)c(F)c2)cc1. The van der Waals surface area contributed by atoms with E-state index in [2.05, 4.69) is 19.2 Å². The summed E-state index contributed by atoms with van der Waals surface area (Å²) in [6.07, 6.45) is 5.88. The van der Waals surface area contributed by atoms with Gasteiger partial charge in [0, 0.05) is 23.9 Å². The molecule has 1 N–H and O–H groups in total. The van der Waals surface area contributed by atoms with Gasteiger partial charge in [-0.15, -0.1) is 0 Å². The predicted octanol–water partition coefficient (Wildman–Crippen LogP) is 3.79. The fraction of sp³-hybridized carbons (Fsp3) is 0.333. The van der Waals surface area contributed by atoms with Crippen LogP contribution in [-0.2, 0) is 11.3 Å². The molecule has 5 heteroatoms. The number of rotatable bonds is 6. The minimum absolute atomic E-state index is 0.113. The van der Waals surface area contributed by atoms with E-state index < -0.39 is 11.6 Å². The average Bonchev–Trinajstić information content (AvgIpc) is 2.53. The van der Waals surface area contributed by atoms with Crippen LogP contribution >= 0.6 is 0 Å². The second kappa shape index (κ2) is 7.81. The number of hydrogen-bond acceptors (Lipinski definition) is 1. The van der Waals surface area contributed by atoms with Crippen LogP contribution in [0.5, 0.6) is 0 Å². The number of anilines is 1. The van der Waals surface area contributed by atoms with Crippen LogP contribution in [-0.4, -0.2) is 5.91 Å². The molecular formula is C18H21F2N2O+. The summed E-state index contributed by atoms with van der Waals surface area (Å²) < 4.78 is 27.7. The third-order valence-corrected chi connectivity index (χ3v) is 3.90. The van der Waals surface area contributed by atoms with Gasteiger partial charge in [0.2, 0.25) is 6.54 Å². The quantitative estimate of drug-likeness (QED) is 0.807. The van der Waals surface area contributed by atoms with Crippen LogP contribution in [0.15, 0.2) is 42.7 Å². The number of benzene rings is 1. The number of hydrogen-bond donors (Lipinski definition) is 1. The highest BCUT2D eigenvalue weighted by atomic mass is 19.2. The van der Waals surface area contributed by atoms with E-state index in [1.54, 1.807) is 4.57 Å². The van der Waals surface area contributed by atoms with Crippen molar-refractivity contribution in [3.8, 4) is 0 Å². The Bertz CT molecular complexity index is 667. The van der Waals surface area contributed by atoms with Crippen molar-refractivity contribution in [2.24, 2.45) is 0 Å². The Morgan fingerprint density at radius 1 is 1.09 bits per heavy atom. The summed E-state index contributed by atoms with van der Waals surface area (Å²) in [7, 11) is 0. The van der Waals surface area contributed by atoms with Gasteiger partial charge in [0.25, 0.3) is 5.91 Å². The van der Waals surface area contributed by atoms with Gasteiger partial charge in [-0.25, -0.2) is 8.78 Å². The number of amides is 1. The zero-order valence-corrected chi connectivity index (χ0v) is 13.4. The summed E-state index contributed by atoms with van der Waals surface area (Å²) in [6.45, 7) is 4.43. The first-order valence-corrected chi connectivity index (χ1v) is 7.77. The third-order valence-electron chi connectivity index (χ3n) is 3.90. The van der Waals surface area contributed by atoms with E-state index in [4.69, 9.17) is 0 Å². The number of halogens is 2. The zero-order chi connectivity index (χ0) is 16.8. The number of aromatic nitrogens is 1. The average molecular weight is 319 g/mol. The van der Waals surface area contributed by atoms with Gasteiger partial charge in [-0.3, -0.25) is 4.79 Å². The first-order valence-electron chi connectivity index (χ1n) is 7.77. The number of carbonyl (C=O) groups excluding carboxylic acids is 1. The molecule has 2 rings (SSSR count). The fourth-order valence-electron chi connectivity index (χ4n) is 2.55. The Kier molecular flexibility index (Phi) is 5.79. The lowest BCUT2D eigenvalue weighted by Crippen LogP contribution is -2.39. The molecule has 2 aromatic rings. The molecule has 1 aromatic heterocycles. The summed E-state index contributed by atoms with van der Waals surface area (Å²) in [5.74, 6) is -1.68. The zero-order valence-electron chi connectivity index (χ0n) is 13.4. The van der Waals surface area contributed by atoms with Crippen LogP contribution in [0.25, 0.3) is 0 Å². The maximum absolute atomic E-state index is 13.1. The largest absolute Gasteiger partial charge is 0.320 e. The standard InChI is InChI=1S/C18H20F2N2O/c1-3-13(4-2)14-7-9-22(10-8-14)12-18(23)21-15-5-6-16(19)17(20)11-15/h5-11,13H,3-4,12H2,1-2H3/p+1. The van der Waals surface area contributed by atoms with Crippen LogP contribution in [0.3, 0.4) is 0 Å². The Hall–Kier alpha value is -2.30. The van der Waals surface area contributed by atoms with Crippen molar-refractivity contribution in [2.75, 3.05) is 5.32 Å². The van der Waals surface area contributed by atoms with Crippen molar-refractivity contribution in [1.82, 2.24) is 0 Å². The lowest BCUT2D eigenvalue weighted by atomic mass is 9.95. The molecule has 0 atom stereocenters. The van der Waals surface area contributed by atoms with Crippen LogP contribution in [0, 0.1) is 11.6 Å². The second-order valence-electron chi connectivity index (χ2n) is 5.49. The molecule has 1 amide bonds. The molecule has 0 radical (unpaired) electrons. The molecule has 0 aliphatic carbocycles. The molecule has 0 saturated heterocycles. The molecule has 0 unspecified atom stereocenters. The maximum atomic E-state index is 13.1. The summed E-state index contributed by atoms with van der Waals surface area (Å²) in [5, 5.41) is 2.55. The van der Waals surface area contributed by atoms with E-state index >= 15 is 0 Å². The highest BCUT2D eigenvalue weighted by Crippen LogP contribution is 2.21. The lowest BCUT2D eigenvalue weighted by Gasteiger charge is -2.11. The predicted molar refractivity (Wildman–Crippen MR) is 84.9 cm³/mol. The van der Waals surface area contributed by atoms with E-state index in [9.17, 15) is 13.6 Å². The molecule has 0 aliphatic rings. The first kappa shape index (κ1) is 17.1. The van der Waals surface area contributed by atoms with Crippen molar-refractivity contribution >= 4 is 11.6 Å². The molecule has 122 valence electrons. The number of nitrogens with zero attached hydrogens (tertiary/aromatic N) is 1. The van der Waals surface area contributed by atoms with Gasteiger partial charge in [0.15, 0.2) is 24.0 Å². The Balaban J connectivity index is 1.98. The monoisotopic (exact) mass is 319 g/mol. The lowest BCUT2D eigenvalue weighted by molar-refractivity contribution is -0.684. The minimum Gasteiger partial charge on any atom is -0.320 e. The molecule has 1 aromatic carbocycles. The van der Waals surface area contributed by atoms with Gasteiger partial charge < -0.3 is 5.32 Å².